The summed E-state index contributed by atoms with van der Waals surface area (Å²) in [5.74, 6) is 0. The number of nitrogens with one attached hydrogen (secondary N) is 2. The second kappa shape index (κ2) is 29.7. The number of hydrogen-bond acceptors (Lipinski definition) is 2. The van der Waals surface area contributed by atoms with Gasteiger partial charge in [-0.15, -0.1) is 0 Å². The molecule has 0 fully saturated rings. The van der Waals surface area contributed by atoms with Crippen LogP contribution in [0.5, 0.6) is 0 Å². The van der Waals surface area contributed by atoms with Gasteiger partial charge in [0, 0.05) is 0 Å². The molecule has 84 valence electrons. The molecule has 0 atom stereocenters. The maximum atomic E-state index is 3.10. The van der Waals surface area contributed by atoms with Gasteiger partial charge in [-0.2, -0.15) is 0 Å². The summed E-state index contributed by atoms with van der Waals surface area (Å²) in [7, 11) is 3.93. The molecule has 0 heterocycles. The van der Waals surface area contributed by atoms with E-state index in [0.717, 1.165) is 6.54 Å². The molecule has 0 aliphatic rings. The van der Waals surface area contributed by atoms with Crippen LogP contribution in [0.15, 0.2) is 0 Å². The Labute approximate surface area is 85.5 Å². The van der Waals surface area contributed by atoms with Crippen LogP contribution in [0.4, 0.5) is 0 Å². The average Bonchev–Trinajstić information content (AvgIpc) is 2.22. The average molecular weight is 190 g/mol. The van der Waals surface area contributed by atoms with E-state index in [0.29, 0.717) is 0 Å². The molecule has 2 heteroatoms. The summed E-state index contributed by atoms with van der Waals surface area (Å²) in [4.78, 5) is 0. The third-order valence-corrected chi connectivity index (χ3v) is 1.38. The van der Waals surface area contributed by atoms with Crippen LogP contribution in [-0.4, -0.2) is 27.2 Å². The lowest BCUT2D eigenvalue weighted by molar-refractivity contribution is 0.667. The Morgan fingerprint density at radius 2 is 1.31 bits per heavy atom. The zero-order valence-corrected chi connectivity index (χ0v) is 10.5. The molecule has 0 rings (SSSR count). The van der Waals surface area contributed by atoms with Crippen molar-refractivity contribution in [2.24, 2.45) is 0 Å². The van der Waals surface area contributed by atoms with Crippen LogP contribution in [-0.2, 0) is 0 Å². The summed E-state index contributed by atoms with van der Waals surface area (Å²) in [6.07, 6.45) is 4.01. The SMILES string of the molecule is CC.CCCCCNC.CCNC. The molecule has 0 aromatic heterocycles. The van der Waals surface area contributed by atoms with Crippen molar-refractivity contribution >= 4 is 0 Å². The van der Waals surface area contributed by atoms with E-state index in [9.17, 15) is 0 Å². The van der Waals surface area contributed by atoms with E-state index in [1.807, 2.05) is 27.9 Å². The zero-order chi connectivity index (χ0) is 10.9. The van der Waals surface area contributed by atoms with Crippen LogP contribution in [0.25, 0.3) is 0 Å². The molecule has 0 aliphatic carbocycles. The van der Waals surface area contributed by atoms with Gasteiger partial charge < -0.3 is 10.6 Å². The maximum Gasteiger partial charge on any atom is -0.00519 e. The van der Waals surface area contributed by atoms with E-state index < -0.39 is 0 Å². The Hall–Kier alpha value is -0.0800. The van der Waals surface area contributed by atoms with Crippen LogP contribution in [0.1, 0.15) is 47.0 Å². The third kappa shape index (κ3) is 48.5. The first kappa shape index (κ1) is 18.7. The summed E-state index contributed by atoms with van der Waals surface area (Å²) >= 11 is 0. The molecule has 0 aromatic rings. The molecule has 0 saturated heterocycles. The first-order chi connectivity index (χ1) is 6.33. The minimum Gasteiger partial charge on any atom is -0.320 e. The summed E-state index contributed by atoms with van der Waals surface area (Å²) in [5, 5.41) is 6.03. The second-order valence-corrected chi connectivity index (χ2v) is 2.52. The summed E-state index contributed by atoms with van der Waals surface area (Å²) in [6, 6.07) is 0. The molecule has 0 unspecified atom stereocenters. The molecule has 0 spiro atoms. The van der Waals surface area contributed by atoms with Crippen LogP contribution >= 0.6 is 0 Å². The fraction of sp³-hybridized carbons (Fsp3) is 1.00. The normalized spacial score (nSPS) is 7.85. The van der Waals surface area contributed by atoms with E-state index in [1.165, 1.54) is 25.8 Å². The van der Waals surface area contributed by atoms with E-state index in [4.69, 9.17) is 0 Å². The molecule has 0 amide bonds. The lowest BCUT2D eigenvalue weighted by Crippen LogP contribution is -2.06. The van der Waals surface area contributed by atoms with Crippen molar-refractivity contribution in [1.29, 1.82) is 0 Å². The zero-order valence-electron chi connectivity index (χ0n) is 10.5. The molecule has 0 saturated carbocycles. The maximum absolute atomic E-state index is 3.10. The van der Waals surface area contributed by atoms with E-state index >= 15 is 0 Å². The van der Waals surface area contributed by atoms with E-state index in [1.54, 1.807) is 0 Å². The van der Waals surface area contributed by atoms with Gasteiger partial charge in [0.2, 0.25) is 0 Å². The smallest absolute Gasteiger partial charge is 0.00519 e. The molecular formula is C11H30N2. The van der Waals surface area contributed by atoms with Crippen molar-refractivity contribution in [2.45, 2.75) is 47.0 Å². The predicted octanol–water partition coefficient (Wildman–Crippen LogP) is 2.65. The summed E-state index contributed by atoms with van der Waals surface area (Å²) < 4.78 is 0. The number of hydrogen-bond donors (Lipinski definition) is 2. The van der Waals surface area contributed by atoms with Gasteiger partial charge in [0.05, 0.1) is 0 Å². The molecule has 2 nitrogen and oxygen atoms in total. The van der Waals surface area contributed by atoms with Gasteiger partial charge in [-0.1, -0.05) is 40.5 Å². The van der Waals surface area contributed by atoms with Crippen LogP contribution < -0.4 is 10.6 Å². The molecular weight excluding hydrogens is 160 g/mol. The van der Waals surface area contributed by atoms with Gasteiger partial charge in [0.15, 0.2) is 0 Å². The van der Waals surface area contributed by atoms with Crippen LogP contribution in [0.2, 0.25) is 0 Å². The second-order valence-electron chi connectivity index (χ2n) is 2.52. The highest BCUT2D eigenvalue weighted by Gasteiger charge is 1.78. The van der Waals surface area contributed by atoms with Crippen molar-refractivity contribution < 1.29 is 0 Å². The van der Waals surface area contributed by atoms with Crippen molar-refractivity contribution in [3.8, 4) is 0 Å². The monoisotopic (exact) mass is 190 g/mol. The van der Waals surface area contributed by atoms with Gasteiger partial charge in [-0.25, -0.2) is 0 Å². The lowest BCUT2D eigenvalue weighted by atomic mass is 10.2. The first-order valence-corrected chi connectivity index (χ1v) is 5.62. The Morgan fingerprint density at radius 3 is 1.54 bits per heavy atom. The van der Waals surface area contributed by atoms with Crippen molar-refractivity contribution in [3.63, 3.8) is 0 Å². The highest BCUT2D eigenvalue weighted by atomic mass is 14.8. The highest BCUT2D eigenvalue weighted by molar-refractivity contribution is 4.39. The van der Waals surface area contributed by atoms with Gasteiger partial charge in [0.25, 0.3) is 0 Å². The lowest BCUT2D eigenvalue weighted by Gasteiger charge is -1.93. The van der Waals surface area contributed by atoms with Crippen LogP contribution in [0, 0.1) is 0 Å². The van der Waals surface area contributed by atoms with Gasteiger partial charge in [-0.3, -0.25) is 0 Å². The largest absolute Gasteiger partial charge is 0.320 e. The highest BCUT2D eigenvalue weighted by Crippen LogP contribution is 1.89. The first-order valence-electron chi connectivity index (χ1n) is 5.62. The molecule has 0 bridgehead atoms. The topological polar surface area (TPSA) is 24.1 Å². The fourth-order valence-corrected chi connectivity index (χ4v) is 0.552. The Balaban J connectivity index is -0.000000142. The minimum atomic E-state index is 1.07. The standard InChI is InChI=1S/C6H15N.C3H9N.C2H6/c1-3-4-5-6-7-2;1-3-4-2;1-2/h7H,3-6H2,1-2H3;4H,3H2,1-2H3;1-2H3. The Kier molecular flexibility index (Phi) is 42.6. The summed E-state index contributed by atoms with van der Waals surface area (Å²) in [5.41, 5.74) is 0. The van der Waals surface area contributed by atoms with Gasteiger partial charge in [0.1, 0.15) is 0 Å². The molecule has 0 aliphatic heterocycles. The van der Waals surface area contributed by atoms with E-state index in [2.05, 4.69) is 24.5 Å². The van der Waals surface area contributed by atoms with Crippen molar-refractivity contribution in [1.82, 2.24) is 10.6 Å². The van der Waals surface area contributed by atoms with Gasteiger partial charge >= 0.3 is 0 Å². The molecule has 0 radical (unpaired) electrons. The molecule has 13 heavy (non-hydrogen) atoms. The molecule has 2 N–H and O–H groups in total. The number of rotatable bonds is 5. The van der Waals surface area contributed by atoms with Crippen LogP contribution in [0.3, 0.4) is 0 Å². The summed E-state index contributed by atoms with van der Waals surface area (Å²) in [6.45, 7) is 10.5. The third-order valence-electron chi connectivity index (χ3n) is 1.38. The number of unbranched alkanes of at least 4 members (excludes halogenated alkanes) is 2. The quantitative estimate of drug-likeness (QED) is 0.651. The minimum absolute atomic E-state index is 1.07. The van der Waals surface area contributed by atoms with Crippen molar-refractivity contribution in [3.05, 3.63) is 0 Å². The van der Waals surface area contributed by atoms with Gasteiger partial charge in [-0.05, 0) is 33.6 Å². The Morgan fingerprint density at radius 1 is 0.846 bits per heavy atom. The fourth-order valence-electron chi connectivity index (χ4n) is 0.552. The van der Waals surface area contributed by atoms with Crippen molar-refractivity contribution in [2.75, 3.05) is 27.2 Å². The molecule has 0 aromatic carbocycles. The van der Waals surface area contributed by atoms with E-state index in [-0.39, 0.29) is 0 Å². The predicted molar refractivity (Wildman–Crippen MR) is 64.4 cm³/mol. The Bertz CT molecular complexity index is 41.4.